The molecule has 0 aromatic heterocycles. The largest absolute Gasteiger partial charge is 0.194 e. The van der Waals surface area contributed by atoms with Crippen molar-refractivity contribution in [1.29, 1.82) is 0 Å². The predicted octanol–water partition coefficient (Wildman–Crippen LogP) is 2.80. The van der Waals surface area contributed by atoms with Gasteiger partial charge in [0, 0.05) is 40.3 Å². The quantitative estimate of drug-likeness (QED) is 0.449. The number of hydrogen-bond acceptors (Lipinski definition) is 0. The van der Waals surface area contributed by atoms with Gasteiger partial charge in [-0.2, -0.15) is 0 Å². The molecule has 0 bridgehead atoms. The molecule has 0 amide bonds. The Kier molecular flexibility index (Phi) is 2.06. The molecule has 0 heterocycles. The van der Waals surface area contributed by atoms with Gasteiger partial charge in [-0.05, 0) is 0 Å². The Labute approximate surface area is 67.1 Å². The van der Waals surface area contributed by atoms with Crippen LogP contribution in [-0.2, 0) is 0 Å². The van der Waals surface area contributed by atoms with E-state index < -0.39 is 0 Å². The van der Waals surface area contributed by atoms with Gasteiger partial charge >= 0.3 is 0 Å². The Morgan fingerprint density at radius 3 is 2.75 bits per heavy atom. The van der Waals surface area contributed by atoms with Gasteiger partial charge in [-0.3, -0.25) is 0 Å². The molecule has 8 heavy (non-hydrogen) atoms. The van der Waals surface area contributed by atoms with Crippen molar-refractivity contribution in [2.75, 3.05) is 0 Å². The lowest BCUT2D eigenvalue weighted by Gasteiger charge is -1.83. The SMILES string of the molecule is ClC1=CC=C[C+]=C1I. The van der Waals surface area contributed by atoms with Crippen molar-refractivity contribution >= 4 is 34.2 Å². The van der Waals surface area contributed by atoms with Crippen LogP contribution in [0, 0.1) is 6.08 Å². The van der Waals surface area contributed by atoms with E-state index in [1.165, 1.54) is 0 Å². The van der Waals surface area contributed by atoms with Gasteiger partial charge < -0.3 is 0 Å². The molecule has 0 fully saturated rings. The van der Waals surface area contributed by atoms with Crippen LogP contribution in [0.2, 0.25) is 0 Å². The van der Waals surface area contributed by atoms with Gasteiger partial charge in [0.15, 0.2) is 8.61 Å². The van der Waals surface area contributed by atoms with Crippen LogP contribution in [0.1, 0.15) is 0 Å². The first-order valence-electron chi connectivity index (χ1n) is 2.12. The molecule has 0 unspecified atom stereocenters. The number of rotatable bonds is 0. The van der Waals surface area contributed by atoms with Gasteiger partial charge in [-0.25, -0.2) is 0 Å². The van der Waals surface area contributed by atoms with E-state index in [4.69, 9.17) is 11.6 Å². The second-order valence-corrected chi connectivity index (χ2v) is 2.82. The third-order valence-corrected chi connectivity index (χ3v) is 2.28. The van der Waals surface area contributed by atoms with Crippen molar-refractivity contribution in [3.05, 3.63) is 32.9 Å². The zero-order valence-corrected chi connectivity index (χ0v) is 6.90. The highest BCUT2D eigenvalue weighted by Crippen LogP contribution is 2.23. The fraction of sp³-hybridized carbons (Fsp3) is 0. The van der Waals surface area contributed by atoms with Crippen LogP contribution in [-0.4, -0.2) is 0 Å². The van der Waals surface area contributed by atoms with E-state index in [-0.39, 0.29) is 0 Å². The van der Waals surface area contributed by atoms with Gasteiger partial charge in [-0.15, -0.1) is 0 Å². The van der Waals surface area contributed by atoms with Crippen molar-refractivity contribution in [2.24, 2.45) is 0 Å². The maximum Gasteiger partial charge on any atom is 0.194 e. The average Bonchev–Trinajstić information content (AvgIpc) is 1.77. The fourth-order valence-corrected chi connectivity index (χ4v) is 0.883. The molecule has 0 atom stereocenters. The highest BCUT2D eigenvalue weighted by molar-refractivity contribution is 14.1. The zero-order chi connectivity index (χ0) is 5.98. The molecule has 0 saturated heterocycles. The summed E-state index contributed by atoms with van der Waals surface area (Å²) in [7, 11) is 0. The maximum absolute atomic E-state index is 5.67. The summed E-state index contributed by atoms with van der Waals surface area (Å²) in [6, 6.07) is 0. The van der Waals surface area contributed by atoms with Gasteiger partial charge in [0.05, 0.1) is 12.2 Å². The molecule has 40 valence electrons. The molecular weight excluding hydrogens is 234 g/mol. The second-order valence-electron chi connectivity index (χ2n) is 1.33. The molecule has 0 aromatic carbocycles. The first-order valence-corrected chi connectivity index (χ1v) is 3.58. The molecule has 0 N–H and O–H groups in total. The molecule has 1 aliphatic rings. The Balaban J connectivity index is 2.93. The smallest absolute Gasteiger partial charge is 0.00160 e. The first kappa shape index (κ1) is 6.27. The number of allylic oxidation sites excluding steroid dienone is 6. The average molecular weight is 237 g/mol. The van der Waals surface area contributed by atoms with Gasteiger partial charge in [0.1, 0.15) is 6.08 Å². The topological polar surface area (TPSA) is 0 Å². The number of hydrogen-bond donors (Lipinski definition) is 0. The molecule has 2 heteroatoms. The van der Waals surface area contributed by atoms with E-state index >= 15 is 0 Å². The molecule has 0 radical (unpaired) electrons. The molecule has 0 saturated carbocycles. The number of halogens is 2. The van der Waals surface area contributed by atoms with E-state index in [0.717, 1.165) is 8.61 Å². The van der Waals surface area contributed by atoms with Crippen molar-refractivity contribution in [3.63, 3.8) is 0 Å². The van der Waals surface area contributed by atoms with Crippen molar-refractivity contribution < 1.29 is 0 Å². The second kappa shape index (κ2) is 2.62. The Morgan fingerprint density at radius 1 is 1.62 bits per heavy atom. The summed E-state index contributed by atoms with van der Waals surface area (Å²) in [5.41, 5.74) is 0. The third-order valence-electron chi connectivity index (χ3n) is 0.759. The van der Waals surface area contributed by atoms with Crippen LogP contribution in [0.15, 0.2) is 26.8 Å². The summed E-state index contributed by atoms with van der Waals surface area (Å²) in [4.78, 5) is 0. The highest BCUT2D eigenvalue weighted by atomic mass is 127. The molecule has 0 spiro atoms. The minimum Gasteiger partial charge on any atom is 0.00160 e. The van der Waals surface area contributed by atoms with Crippen LogP contribution in [0.5, 0.6) is 0 Å². The lowest BCUT2D eigenvalue weighted by Crippen LogP contribution is -1.74. The lowest BCUT2D eigenvalue weighted by molar-refractivity contribution is 1.70. The molecule has 1 aliphatic carbocycles. The molecule has 1 rings (SSSR count). The van der Waals surface area contributed by atoms with Crippen LogP contribution >= 0.6 is 34.2 Å². The van der Waals surface area contributed by atoms with Gasteiger partial charge in [0.2, 0.25) is 0 Å². The third kappa shape index (κ3) is 1.31. The fourth-order valence-electron chi connectivity index (χ4n) is 0.396. The molecule has 0 aliphatic heterocycles. The van der Waals surface area contributed by atoms with Crippen LogP contribution < -0.4 is 0 Å². The summed E-state index contributed by atoms with van der Waals surface area (Å²) in [6.07, 6.45) is 8.51. The first-order chi connectivity index (χ1) is 3.80. The van der Waals surface area contributed by atoms with Crippen LogP contribution in [0.3, 0.4) is 0 Å². The summed E-state index contributed by atoms with van der Waals surface area (Å²) in [6.45, 7) is 0. The summed E-state index contributed by atoms with van der Waals surface area (Å²) < 4.78 is 0.978. The lowest BCUT2D eigenvalue weighted by atomic mass is 10.3. The van der Waals surface area contributed by atoms with E-state index in [9.17, 15) is 0 Å². The van der Waals surface area contributed by atoms with Crippen molar-refractivity contribution in [1.82, 2.24) is 0 Å². The minimum atomic E-state index is 0.771. The standard InChI is InChI=1S/C6H3ClI/c7-5-3-1-2-4-6(5)8/h1-3H/q+1. The maximum atomic E-state index is 5.67. The molecular formula is C6H3ClI+. The predicted molar refractivity (Wildman–Crippen MR) is 43.9 cm³/mol. The minimum absolute atomic E-state index is 0.771. The Hall–Kier alpha value is 0.150. The van der Waals surface area contributed by atoms with Crippen molar-refractivity contribution in [2.45, 2.75) is 0 Å². The van der Waals surface area contributed by atoms with Crippen LogP contribution in [0.4, 0.5) is 0 Å². The van der Waals surface area contributed by atoms with Crippen LogP contribution in [0.25, 0.3) is 0 Å². The highest BCUT2D eigenvalue weighted by Gasteiger charge is 2.07. The van der Waals surface area contributed by atoms with E-state index in [1.54, 1.807) is 0 Å². The molecule has 0 aromatic rings. The summed E-state index contributed by atoms with van der Waals surface area (Å²) in [5, 5.41) is 0.771. The normalized spacial score (nSPS) is 16.8. The van der Waals surface area contributed by atoms with Crippen molar-refractivity contribution in [3.8, 4) is 0 Å². The summed E-state index contributed by atoms with van der Waals surface area (Å²) in [5.74, 6) is 0. The van der Waals surface area contributed by atoms with E-state index in [2.05, 4.69) is 28.7 Å². The Morgan fingerprint density at radius 2 is 2.38 bits per heavy atom. The Bertz CT molecular complexity index is 157. The van der Waals surface area contributed by atoms with E-state index in [0.29, 0.717) is 0 Å². The van der Waals surface area contributed by atoms with Gasteiger partial charge in [-0.1, -0.05) is 0 Å². The van der Waals surface area contributed by atoms with Gasteiger partial charge in [0.25, 0.3) is 0 Å². The zero-order valence-electron chi connectivity index (χ0n) is 3.99. The monoisotopic (exact) mass is 237 g/mol. The molecule has 0 nitrogen and oxygen atoms in total. The summed E-state index contributed by atoms with van der Waals surface area (Å²) >= 11 is 7.81. The van der Waals surface area contributed by atoms with E-state index in [1.807, 2.05) is 18.2 Å².